The zero-order valence-corrected chi connectivity index (χ0v) is 21.9. The number of pyridine rings is 1. The Labute approximate surface area is 223 Å². The van der Waals surface area contributed by atoms with Gasteiger partial charge in [0, 0.05) is 24.2 Å². The molecule has 0 aromatic carbocycles. The molecule has 9 heteroatoms. The molecule has 0 saturated heterocycles. The van der Waals surface area contributed by atoms with Crippen LogP contribution in [-0.4, -0.2) is 58.9 Å². The molecule has 3 aromatic rings. The minimum atomic E-state index is -0.963. The summed E-state index contributed by atoms with van der Waals surface area (Å²) >= 11 is 0. The first-order valence-corrected chi connectivity index (χ1v) is 14.3. The summed E-state index contributed by atoms with van der Waals surface area (Å²) in [6.45, 7) is 0. The van der Waals surface area contributed by atoms with Gasteiger partial charge in [0.2, 0.25) is 5.91 Å². The van der Waals surface area contributed by atoms with Gasteiger partial charge in [-0.1, -0.05) is 32.1 Å². The summed E-state index contributed by atoms with van der Waals surface area (Å²) in [4.78, 5) is 22.5. The topological polar surface area (TPSA) is 126 Å². The average Bonchev–Trinajstić information content (AvgIpc) is 3.88. The number of rotatable bonds is 11. The van der Waals surface area contributed by atoms with Gasteiger partial charge in [-0.15, -0.1) is 10.2 Å². The SMILES string of the molecule is O=C(Cc1nnc2c(CC3CC3)nc(-c3cccnc3)cn12)N[C@@H](CC1CCCCC1)[C@@H](O)[C@@H](O)C1CC1. The van der Waals surface area contributed by atoms with Gasteiger partial charge in [0.05, 0.1) is 30.0 Å². The second-order valence-electron chi connectivity index (χ2n) is 11.7. The van der Waals surface area contributed by atoms with Crippen LogP contribution in [0.2, 0.25) is 0 Å². The molecule has 1 amide bonds. The Balaban J connectivity index is 1.23. The lowest BCUT2D eigenvalue weighted by Gasteiger charge is -2.32. The van der Waals surface area contributed by atoms with Gasteiger partial charge in [-0.2, -0.15) is 0 Å². The number of amides is 1. The van der Waals surface area contributed by atoms with Crippen LogP contribution in [0, 0.1) is 17.8 Å². The Morgan fingerprint density at radius 1 is 1.05 bits per heavy atom. The average molecular weight is 519 g/mol. The van der Waals surface area contributed by atoms with Gasteiger partial charge in [0.25, 0.3) is 0 Å². The Kier molecular flexibility index (Phi) is 7.39. The third-order valence-corrected chi connectivity index (χ3v) is 8.51. The maximum Gasteiger partial charge on any atom is 0.227 e. The van der Waals surface area contributed by atoms with Crippen molar-refractivity contribution in [2.75, 3.05) is 0 Å². The van der Waals surface area contributed by atoms with Crippen molar-refractivity contribution in [1.29, 1.82) is 0 Å². The lowest BCUT2D eigenvalue weighted by Crippen LogP contribution is -2.50. The van der Waals surface area contributed by atoms with E-state index < -0.39 is 18.2 Å². The number of carbonyl (C=O) groups is 1. The number of fused-ring (bicyclic) bond motifs is 1. The van der Waals surface area contributed by atoms with E-state index in [-0.39, 0.29) is 18.2 Å². The first-order chi connectivity index (χ1) is 18.5. The molecule has 0 radical (unpaired) electrons. The molecule has 3 fully saturated rings. The molecule has 3 atom stereocenters. The van der Waals surface area contributed by atoms with Crippen molar-refractivity contribution < 1.29 is 15.0 Å². The normalized spacial score (nSPS) is 20.8. The summed E-state index contributed by atoms with van der Waals surface area (Å²) in [5.41, 5.74) is 3.27. The molecule has 38 heavy (non-hydrogen) atoms. The third-order valence-electron chi connectivity index (χ3n) is 8.51. The van der Waals surface area contributed by atoms with Crippen molar-refractivity contribution in [3.8, 4) is 11.3 Å². The highest BCUT2D eigenvalue weighted by atomic mass is 16.3. The first-order valence-electron chi connectivity index (χ1n) is 14.3. The maximum atomic E-state index is 13.3. The highest BCUT2D eigenvalue weighted by molar-refractivity contribution is 5.78. The van der Waals surface area contributed by atoms with E-state index >= 15 is 0 Å². The lowest BCUT2D eigenvalue weighted by molar-refractivity contribution is -0.123. The molecule has 6 rings (SSSR count). The van der Waals surface area contributed by atoms with Crippen molar-refractivity contribution in [1.82, 2.24) is 29.9 Å². The zero-order chi connectivity index (χ0) is 26.1. The van der Waals surface area contributed by atoms with E-state index in [4.69, 9.17) is 4.98 Å². The Morgan fingerprint density at radius 3 is 2.58 bits per heavy atom. The van der Waals surface area contributed by atoms with E-state index in [0.717, 1.165) is 49.1 Å². The number of aliphatic hydroxyl groups is 2. The predicted molar refractivity (Wildman–Crippen MR) is 142 cm³/mol. The maximum absolute atomic E-state index is 13.3. The van der Waals surface area contributed by atoms with Gasteiger partial charge in [0.1, 0.15) is 11.9 Å². The van der Waals surface area contributed by atoms with Crippen LogP contribution in [0.1, 0.15) is 75.7 Å². The van der Waals surface area contributed by atoms with E-state index in [2.05, 4.69) is 20.5 Å². The predicted octanol–water partition coefficient (Wildman–Crippen LogP) is 3.27. The second kappa shape index (κ2) is 11.1. The molecule has 0 spiro atoms. The van der Waals surface area contributed by atoms with Crippen molar-refractivity contribution in [2.24, 2.45) is 17.8 Å². The monoisotopic (exact) mass is 518 g/mol. The second-order valence-corrected chi connectivity index (χ2v) is 11.7. The van der Waals surface area contributed by atoms with Crippen LogP contribution in [0.5, 0.6) is 0 Å². The molecule has 0 bridgehead atoms. The van der Waals surface area contributed by atoms with Gasteiger partial charge in [-0.3, -0.25) is 14.2 Å². The number of aliphatic hydroxyl groups excluding tert-OH is 2. The number of aromatic nitrogens is 5. The largest absolute Gasteiger partial charge is 0.390 e. The summed E-state index contributed by atoms with van der Waals surface area (Å²) in [6.07, 6.45) is 15.3. The number of hydrogen-bond donors (Lipinski definition) is 3. The number of hydrogen-bond acceptors (Lipinski definition) is 7. The summed E-state index contributed by atoms with van der Waals surface area (Å²) in [5, 5.41) is 33.6. The van der Waals surface area contributed by atoms with Crippen LogP contribution >= 0.6 is 0 Å². The van der Waals surface area contributed by atoms with Crippen molar-refractivity contribution in [2.45, 2.75) is 95.3 Å². The molecule has 202 valence electrons. The van der Waals surface area contributed by atoms with Crippen LogP contribution in [0.25, 0.3) is 16.9 Å². The van der Waals surface area contributed by atoms with Crippen LogP contribution in [0.15, 0.2) is 30.7 Å². The van der Waals surface area contributed by atoms with Gasteiger partial charge >= 0.3 is 0 Å². The summed E-state index contributed by atoms with van der Waals surface area (Å²) in [7, 11) is 0. The smallest absolute Gasteiger partial charge is 0.227 e. The minimum absolute atomic E-state index is 0.0357. The van der Waals surface area contributed by atoms with E-state index in [9.17, 15) is 15.0 Å². The van der Waals surface area contributed by atoms with Gasteiger partial charge < -0.3 is 15.5 Å². The standard InChI is InChI=1S/C29H38N6O3/c36-26(32-22(13-18-5-2-1-3-6-18)28(38)27(37)20-10-11-20)15-25-33-34-29-23(14-19-8-9-19)31-24(17-35(25)29)21-7-4-12-30-16-21/h4,7,12,16-20,22,27-28,37-38H,1-3,5-6,8-11,13-15H2,(H,32,36)/t22-,27-,28+/m0/s1. The third kappa shape index (κ3) is 5.89. The summed E-state index contributed by atoms with van der Waals surface area (Å²) < 4.78 is 1.89. The first kappa shape index (κ1) is 25.4. The Bertz CT molecular complexity index is 1250. The highest BCUT2D eigenvalue weighted by Gasteiger charge is 2.39. The van der Waals surface area contributed by atoms with Crippen molar-refractivity contribution >= 4 is 11.6 Å². The quantitative estimate of drug-likeness (QED) is 0.356. The molecule has 0 unspecified atom stereocenters. The van der Waals surface area contributed by atoms with Gasteiger partial charge in [-0.05, 0) is 68.4 Å². The summed E-state index contributed by atoms with van der Waals surface area (Å²) in [5.74, 6) is 1.54. The molecule has 3 heterocycles. The lowest BCUT2D eigenvalue weighted by atomic mass is 9.82. The Hall–Kier alpha value is -2.91. The fourth-order valence-electron chi connectivity index (χ4n) is 5.93. The molecular formula is C29H38N6O3. The molecule has 0 aliphatic heterocycles. The number of nitrogens with zero attached hydrogens (tertiary/aromatic N) is 5. The zero-order valence-electron chi connectivity index (χ0n) is 21.9. The van der Waals surface area contributed by atoms with E-state index in [1.807, 2.05) is 22.7 Å². The molecular weight excluding hydrogens is 480 g/mol. The molecule has 3 aliphatic carbocycles. The van der Waals surface area contributed by atoms with Crippen LogP contribution in [0.4, 0.5) is 0 Å². The number of carbonyl (C=O) groups excluding carboxylic acids is 1. The van der Waals surface area contributed by atoms with E-state index in [1.54, 1.807) is 12.4 Å². The fraction of sp³-hybridized carbons (Fsp3) is 0.621. The van der Waals surface area contributed by atoms with Gasteiger partial charge in [0.15, 0.2) is 5.65 Å². The molecule has 3 N–H and O–H groups in total. The Morgan fingerprint density at radius 2 is 1.87 bits per heavy atom. The minimum Gasteiger partial charge on any atom is -0.390 e. The molecule has 9 nitrogen and oxygen atoms in total. The molecule has 3 aliphatic rings. The van der Waals surface area contributed by atoms with E-state index in [0.29, 0.717) is 29.7 Å². The van der Waals surface area contributed by atoms with Crippen LogP contribution in [-0.2, 0) is 17.6 Å². The van der Waals surface area contributed by atoms with E-state index in [1.165, 1.54) is 32.1 Å². The molecule has 3 saturated carbocycles. The fourth-order valence-corrected chi connectivity index (χ4v) is 5.93. The highest BCUT2D eigenvalue weighted by Crippen LogP contribution is 2.36. The van der Waals surface area contributed by atoms with Gasteiger partial charge in [-0.25, -0.2) is 4.98 Å². The van der Waals surface area contributed by atoms with Crippen LogP contribution < -0.4 is 5.32 Å². The number of nitrogens with one attached hydrogen (secondary N) is 1. The summed E-state index contributed by atoms with van der Waals surface area (Å²) in [6, 6.07) is 3.38. The van der Waals surface area contributed by atoms with Crippen LogP contribution in [0.3, 0.4) is 0 Å². The van der Waals surface area contributed by atoms with Crippen molar-refractivity contribution in [3.63, 3.8) is 0 Å². The van der Waals surface area contributed by atoms with Crippen molar-refractivity contribution in [3.05, 3.63) is 42.2 Å². The molecule has 3 aromatic heterocycles.